The van der Waals surface area contributed by atoms with E-state index in [0.29, 0.717) is 0 Å². The standard InChI is InChI=1S/C19H18N2OS/c1-2-11-7-8-14-15(9-11)23-19-16(14)18(22)20-17-13-6-4-3-5-12(13)10-21(17)19/h3-6,11H,2,7-10H2,1H3/t11-/m1/s1. The second kappa shape index (κ2) is 4.78. The van der Waals surface area contributed by atoms with Crippen LogP contribution in [0.3, 0.4) is 0 Å². The van der Waals surface area contributed by atoms with E-state index in [4.69, 9.17) is 0 Å². The minimum absolute atomic E-state index is 0.0320. The van der Waals surface area contributed by atoms with E-state index in [1.54, 1.807) is 0 Å². The average Bonchev–Trinajstić information content (AvgIpc) is 3.13. The molecule has 4 heteroatoms. The van der Waals surface area contributed by atoms with Gasteiger partial charge < -0.3 is 4.57 Å². The zero-order valence-corrected chi connectivity index (χ0v) is 13.9. The normalized spacial score (nSPS) is 18.7. The van der Waals surface area contributed by atoms with Gasteiger partial charge in [0.25, 0.3) is 5.56 Å². The summed E-state index contributed by atoms with van der Waals surface area (Å²) in [5, 5.41) is 0.899. The van der Waals surface area contributed by atoms with Crippen molar-refractivity contribution in [2.45, 2.75) is 39.2 Å². The predicted octanol–water partition coefficient (Wildman–Crippen LogP) is 4.00. The second-order valence-electron chi connectivity index (χ2n) is 6.68. The van der Waals surface area contributed by atoms with Gasteiger partial charge in [0.15, 0.2) is 0 Å². The van der Waals surface area contributed by atoms with Crippen molar-refractivity contribution >= 4 is 21.6 Å². The van der Waals surface area contributed by atoms with Gasteiger partial charge in [0.1, 0.15) is 10.7 Å². The summed E-state index contributed by atoms with van der Waals surface area (Å²) in [6, 6.07) is 8.30. The van der Waals surface area contributed by atoms with Gasteiger partial charge in [0.2, 0.25) is 0 Å². The van der Waals surface area contributed by atoms with Crippen LogP contribution in [0.25, 0.3) is 21.6 Å². The van der Waals surface area contributed by atoms with Crippen LogP contribution in [0, 0.1) is 5.92 Å². The van der Waals surface area contributed by atoms with E-state index < -0.39 is 0 Å². The van der Waals surface area contributed by atoms with Gasteiger partial charge in [-0.2, -0.15) is 4.98 Å². The molecule has 23 heavy (non-hydrogen) atoms. The van der Waals surface area contributed by atoms with Crippen LogP contribution in [0.1, 0.15) is 35.8 Å². The lowest BCUT2D eigenvalue weighted by molar-refractivity contribution is 0.451. The van der Waals surface area contributed by atoms with Crippen LogP contribution in [-0.4, -0.2) is 9.55 Å². The molecule has 3 heterocycles. The number of aromatic nitrogens is 2. The van der Waals surface area contributed by atoms with E-state index in [1.807, 2.05) is 17.4 Å². The molecule has 1 aliphatic carbocycles. The lowest BCUT2D eigenvalue weighted by Gasteiger charge is -2.20. The van der Waals surface area contributed by atoms with E-state index >= 15 is 0 Å². The van der Waals surface area contributed by atoms with Crippen molar-refractivity contribution in [3.63, 3.8) is 0 Å². The van der Waals surface area contributed by atoms with Crippen molar-refractivity contribution in [1.82, 2.24) is 9.55 Å². The van der Waals surface area contributed by atoms with Crippen molar-refractivity contribution in [2.75, 3.05) is 0 Å². The number of hydrogen-bond donors (Lipinski definition) is 0. The van der Waals surface area contributed by atoms with Gasteiger partial charge in [-0.05, 0) is 36.3 Å². The summed E-state index contributed by atoms with van der Waals surface area (Å²) >= 11 is 1.83. The summed E-state index contributed by atoms with van der Waals surface area (Å²) in [6.07, 6.45) is 4.60. The summed E-state index contributed by atoms with van der Waals surface area (Å²) in [5.74, 6) is 1.62. The summed E-state index contributed by atoms with van der Waals surface area (Å²) in [4.78, 5) is 19.7. The van der Waals surface area contributed by atoms with Crippen molar-refractivity contribution in [2.24, 2.45) is 5.92 Å². The molecule has 0 saturated carbocycles. The largest absolute Gasteiger partial charge is 0.312 e. The zero-order valence-electron chi connectivity index (χ0n) is 13.1. The maximum Gasteiger partial charge on any atom is 0.282 e. The Morgan fingerprint density at radius 3 is 3.09 bits per heavy atom. The maximum absolute atomic E-state index is 12.7. The van der Waals surface area contributed by atoms with Crippen LogP contribution in [-0.2, 0) is 19.4 Å². The lowest BCUT2D eigenvalue weighted by Crippen LogP contribution is -2.16. The minimum Gasteiger partial charge on any atom is -0.312 e. The molecule has 1 atom stereocenters. The molecular weight excluding hydrogens is 304 g/mol. The fraction of sp³-hybridized carbons (Fsp3) is 0.368. The molecule has 0 amide bonds. The average molecular weight is 322 g/mol. The number of thiophene rings is 1. The number of aryl methyl sites for hydroxylation is 1. The van der Waals surface area contributed by atoms with Crippen LogP contribution >= 0.6 is 11.3 Å². The molecule has 0 saturated heterocycles. The molecule has 0 spiro atoms. The Bertz CT molecular complexity index is 999. The molecule has 2 aromatic heterocycles. The third-order valence-electron chi connectivity index (χ3n) is 5.43. The number of benzene rings is 1. The Morgan fingerprint density at radius 2 is 2.22 bits per heavy atom. The Morgan fingerprint density at radius 1 is 1.35 bits per heavy atom. The Balaban J connectivity index is 1.79. The van der Waals surface area contributed by atoms with E-state index in [2.05, 4.69) is 34.7 Å². The molecular formula is C19H18N2OS. The number of rotatable bonds is 1. The monoisotopic (exact) mass is 322 g/mol. The molecule has 0 bridgehead atoms. The molecule has 2 aliphatic rings. The fourth-order valence-electron chi connectivity index (χ4n) is 4.11. The summed E-state index contributed by atoms with van der Waals surface area (Å²) in [7, 11) is 0. The summed E-state index contributed by atoms with van der Waals surface area (Å²) < 4.78 is 2.26. The van der Waals surface area contributed by atoms with Gasteiger partial charge in [0, 0.05) is 10.4 Å². The van der Waals surface area contributed by atoms with Gasteiger partial charge >= 0.3 is 0 Å². The first-order chi connectivity index (χ1) is 11.3. The van der Waals surface area contributed by atoms with E-state index in [9.17, 15) is 4.79 Å². The van der Waals surface area contributed by atoms with Crippen molar-refractivity contribution < 1.29 is 0 Å². The van der Waals surface area contributed by atoms with E-state index in [0.717, 1.165) is 46.9 Å². The first-order valence-electron chi connectivity index (χ1n) is 8.39. The summed E-state index contributed by atoms with van der Waals surface area (Å²) in [6.45, 7) is 3.11. The third-order valence-corrected chi connectivity index (χ3v) is 6.71. The predicted molar refractivity (Wildman–Crippen MR) is 94.2 cm³/mol. The first-order valence-corrected chi connectivity index (χ1v) is 9.21. The lowest BCUT2D eigenvalue weighted by atomic mass is 9.86. The van der Waals surface area contributed by atoms with Crippen molar-refractivity contribution in [3.05, 3.63) is 50.6 Å². The zero-order chi connectivity index (χ0) is 15.6. The SMILES string of the molecule is CC[C@@H]1CCc2c(sc3c2c(=O)nc2n3Cc3ccccc3-2)C1. The van der Waals surface area contributed by atoms with E-state index in [-0.39, 0.29) is 5.56 Å². The Hall–Kier alpha value is -1.94. The van der Waals surface area contributed by atoms with Crippen LogP contribution in [0.2, 0.25) is 0 Å². The fourth-order valence-corrected chi connectivity index (χ4v) is 5.56. The first kappa shape index (κ1) is 13.5. The second-order valence-corrected chi connectivity index (χ2v) is 7.77. The maximum atomic E-state index is 12.7. The van der Waals surface area contributed by atoms with E-state index in [1.165, 1.54) is 28.8 Å². The number of hydrogen-bond acceptors (Lipinski definition) is 3. The minimum atomic E-state index is -0.0320. The highest BCUT2D eigenvalue weighted by Gasteiger charge is 2.28. The van der Waals surface area contributed by atoms with Gasteiger partial charge in [-0.15, -0.1) is 11.3 Å². The Kier molecular flexibility index (Phi) is 2.80. The number of fused-ring (bicyclic) bond motifs is 7. The van der Waals surface area contributed by atoms with Crippen LogP contribution in [0.5, 0.6) is 0 Å². The topological polar surface area (TPSA) is 34.9 Å². The highest BCUT2D eigenvalue weighted by atomic mass is 32.1. The molecule has 116 valence electrons. The molecule has 0 N–H and O–H groups in total. The Labute approximate surface area is 138 Å². The molecule has 0 unspecified atom stereocenters. The number of nitrogens with zero attached hydrogens (tertiary/aromatic N) is 2. The van der Waals surface area contributed by atoms with Crippen LogP contribution < -0.4 is 5.56 Å². The van der Waals surface area contributed by atoms with Gasteiger partial charge in [-0.25, -0.2) is 0 Å². The van der Waals surface area contributed by atoms with Crippen molar-refractivity contribution in [1.29, 1.82) is 0 Å². The van der Waals surface area contributed by atoms with Crippen molar-refractivity contribution in [3.8, 4) is 11.4 Å². The molecule has 0 fully saturated rings. The third kappa shape index (κ3) is 1.81. The molecule has 3 nitrogen and oxygen atoms in total. The molecule has 3 aromatic rings. The van der Waals surface area contributed by atoms with Gasteiger partial charge in [-0.3, -0.25) is 4.79 Å². The van der Waals surface area contributed by atoms with Gasteiger partial charge in [-0.1, -0.05) is 37.6 Å². The van der Waals surface area contributed by atoms with Gasteiger partial charge in [0.05, 0.1) is 11.9 Å². The quantitative estimate of drug-likeness (QED) is 0.531. The molecule has 5 rings (SSSR count). The van der Waals surface area contributed by atoms with Crippen LogP contribution in [0.15, 0.2) is 29.1 Å². The highest BCUT2D eigenvalue weighted by Crippen LogP contribution is 2.40. The molecule has 1 aromatic carbocycles. The summed E-state index contributed by atoms with van der Waals surface area (Å²) in [5.41, 5.74) is 3.64. The smallest absolute Gasteiger partial charge is 0.282 e. The highest BCUT2D eigenvalue weighted by molar-refractivity contribution is 7.18. The van der Waals surface area contributed by atoms with Crippen LogP contribution in [0.4, 0.5) is 0 Å². The molecule has 1 aliphatic heterocycles. The molecule has 0 radical (unpaired) electrons.